The number of amides is 3. The fourth-order valence-corrected chi connectivity index (χ4v) is 4.18. The largest absolute Gasteiger partial charge is 0.524 e. The number of ketones is 1. The molecule has 0 aliphatic carbocycles. The number of nitrogens with one attached hydrogen (secondary N) is 3. The Morgan fingerprint density at radius 3 is 1.98 bits per heavy atom. The Kier molecular flexibility index (Phi) is 20.9. The number of phosphoric ester groups is 1. The summed E-state index contributed by atoms with van der Waals surface area (Å²) >= 11 is 0. The summed E-state index contributed by atoms with van der Waals surface area (Å²) in [5, 5.41) is 8.19. The lowest BCUT2D eigenvalue weighted by molar-refractivity contribution is -0.129. The third-order valence-corrected chi connectivity index (χ3v) is 6.66. The summed E-state index contributed by atoms with van der Waals surface area (Å²) in [5.41, 5.74) is 0.685. The van der Waals surface area contributed by atoms with Crippen molar-refractivity contribution in [2.24, 2.45) is 5.92 Å². The van der Waals surface area contributed by atoms with Gasteiger partial charge < -0.3 is 39.4 Å². The Bertz CT molecular complexity index is 1070. The Morgan fingerprint density at radius 2 is 1.40 bits per heavy atom. The molecule has 0 radical (unpaired) electrons. The number of ether oxygens (including phenoxy) is 4. The number of Topliss-reactive ketones (excluding diaryl/α,β-unsaturated/α-hetero) is 1. The van der Waals surface area contributed by atoms with Crippen LogP contribution in [0.1, 0.15) is 45.6 Å². The first-order chi connectivity index (χ1) is 21.4. The van der Waals surface area contributed by atoms with E-state index >= 15 is 0 Å². The van der Waals surface area contributed by atoms with Crippen LogP contribution in [0.15, 0.2) is 24.3 Å². The zero-order chi connectivity index (χ0) is 33.5. The summed E-state index contributed by atoms with van der Waals surface area (Å²) in [7, 11) is -4.67. The van der Waals surface area contributed by atoms with Crippen molar-refractivity contribution in [2.45, 2.75) is 52.5 Å². The number of hydrogen-bond acceptors (Lipinski definition) is 10. The van der Waals surface area contributed by atoms with Crippen molar-refractivity contribution >= 4 is 31.3 Å². The fraction of sp³-hybridized carbons (Fsp3) is 0.655. The molecule has 0 saturated heterocycles. The van der Waals surface area contributed by atoms with Crippen molar-refractivity contribution in [1.29, 1.82) is 0 Å². The minimum absolute atomic E-state index is 0.00934. The number of phosphoric acid groups is 1. The van der Waals surface area contributed by atoms with E-state index < -0.39 is 13.9 Å². The molecule has 3 amide bonds. The zero-order valence-corrected chi connectivity index (χ0v) is 27.2. The Hall–Kier alpha value is -2.91. The standard InChI is InChI=1S/C29H48N3O12P/c1-4-40-15-17-42-21-28(35)31-13-14-41-16-18-43-20-27(34)30-12-6-5-7-22(2)29(36)32-26(23(3)33)19-24-8-10-25(11-9-24)44-45(37,38)39/h8-11,22,26H,4-7,12-21H2,1-3H3,(H,30,34)(H,31,35)(H,32,36)(H2,37,38,39)/t22-,26-/m0/s1. The second-order valence-corrected chi connectivity index (χ2v) is 11.3. The highest BCUT2D eigenvalue weighted by atomic mass is 31.2. The molecule has 1 rings (SSSR count). The van der Waals surface area contributed by atoms with Gasteiger partial charge in [-0.2, -0.15) is 0 Å². The van der Waals surface area contributed by atoms with Gasteiger partial charge in [-0.3, -0.25) is 29.0 Å². The highest BCUT2D eigenvalue weighted by Gasteiger charge is 2.22. The zero-order valence-electron chi connectivity index (χ0n) is 26.3. The van der Waals surface area contributed by atoms with Crippen LogP contribution < -0.4 is 20.5 Å². The third kappa shape index (κ3) is 21.5. The maximum absolute atomic E-state index is 12.7. The SMILES string of the molecule is CCOCCOCC(=O)NCCOCCOCC(=O)NCCCC[C@H](C)C(=O)N[C@@H](Cc1ccc(OP(=O)(O)O)cc1)C(C)=O. The number of carbonyl (C=O) groups is 4. The lowest BCUT2D eigenvalue weighted by Gasteiger charge is -2.19. The van der Waals surface area contributed by atoms with Gasteiger partial charge in [0.15, 0.2) is 5.78 Å². The molecule has 15 nitrogen and oxygen atoms in total. The van der Waals surface area contributed by atoms with E-state index in [9.17, 15) is 23.7 Å². The third-order valence-electron chi connectivity index (χ3n) is 6.21. The predicted molar refractivity (Wildman–Crippen MR) is 163 cm³/mol. The fourth-order valence-electron chi connectivity index (χ4n) is 3.78. The second-order valence-electron chi connectivity index (χ2n) is 10.1. The summed E-state index contributed by atoms with van der Waals surface area (Å²) in [6.45, 7) is 7.87. The second kappa shape index (κ2) is 23.4. The molecule has 2 atom stereocenters. The molecule has 0 spiro atoms. The summed E-state index contributed by atoms with van der Waals surface area (Å²) in [5.74, 6) is -1.34. The normalized spacial score (nSPS) is 12.6. The van der Waals surface area contributed by atoms with Crippen LogP contribution in [0.25, 0.3) is 0 Å². The molecule has 0 aromatic heterocycles. The molecular weight excluding hydrogens is 613 g/mol. The molecule has 0 aliphatic heterocycles. The molecule has 256 valence electrons. The summed E-state index contributed by atoms with van der Waals surface area (Å²) in [6, 6.07) is 5.15. The minimum Gasteiger partial charge on any atom is -0.404 e. The molecule has 45 heavy (non-hydrogen) atoms. The van der Waals surface area contributed by atoms with Gasteiger partial charge >= 0.3 is 7.82 Å². The van der Waals surface area contributed by atoms with E-state index in [0.29, 0.717) is 64.3 Å². The molecule has 0 heterocycles. The first-order valence-electron chi connectivity index (χ1n) is 14.9. The molecule has 0 bridgehead atoms. The van der Waals surface area contributed by atoms with Gasteiger partial charge in [0, 0.05) is 25.6 Å². The maximum Gasteiger partial charge on any atom is 0.524 e. The highest BCUT2D eigenvalue weighted by molar-refractivity contribution is 7.46. The Balaban J connectivity index is 2.12. The molecule has 0 aliphatic rings. The van der Waals surface area contributed by atoms with Crippen molar-refractivity contribution in [3.05, 3.63) is 29.8 Å². The van der Waals surface area contributed by atoms with Crippen LogP contribution in [0.4, 0.5) is 0 Å². The molecular formula is C29H48N3O12P. The molecule has 0 fully saturated rings. The molecule has 1 aromatic carbocycles. The number of unbranched alkanes of at least 4 members (excludes halogenated alkanes) is 1. The average molecular weight is 662 g/mol. The van der Waals surface area contributed by atoms with Gasteiger partial charge in [0.1, 0.15) is 19.0 Å². The van der Waals surface area contributed by atoms with Crippen LogP contribution in [0.2, 0.25) is 0 Å². The van der Waals surface area contributed by atoms with Gasteiger partial charge in [0.25, 0.3) is 0 Å². The smallest absolute Gasteiger partial charge is 0.404 e. The molecule has 16 heteroatoms. The highest BCUT2D eigenvalue weighted by Crippen LogP contribution is 2.37. The van der Waals surface area contributed by atoms with Gasteiger partial charge in [0.2, 0.25) is 17.7 Å². The Morgan fingerprint density at radius 1 is 0.822 bits per heavy atom. The molecule has 0 saturated carbocycles. The number of rotatable bonds is 26. The topological polar surface area (TPSA) is 208 Å². The summed E-state index contributed by atoms with van der Waals surface area (Å²) < 4.78 is 36.4. The van der Waals surface area contributed by atoms with E-state index in [1.165, 1.54) is 19.1 Å². The minimum atomic E-state index is -4.67. The van der Waals surface area contributed by atoms with E-state index in [2.05, 4.69) is 20.5 Å². The Labute approximate surface area is 264 Å². The van der Waals surface area contributed by atoms with Crippen molar-refractivity contribution < 1.29 is 57.0 Å². The summed E-state index contributed by atoms with van der Waals surface area (Å²) in [6.07, 6.45) is 2.13. The molecule has 5 N–H and O–H groups in total. The van der Waals surface area contributed by atoms with E-state index in [1.54, 1.807) is 19.1 Å². The van der Waals surface area contributed by atoms with Crippen LogP contribution in [-0.4, -0.2) is 105 Å². The van der Waals surface area contributed by atoms with Crippen LogP contribution in [-0.2, 0) is 49.1 Å². The quantitative estimate of drug-likeness (QED) is 0.0693. The van der Waals surface area contributed by atoms with E-state index in [0.717, 1.165) is 0 Å². The first-order valence-corrected chi connectivity index (χ1v) is 16.4. The van der Waals surface area contributed by atoms with E-state index in [-0.39, 0.29) is 68.0 Å². The molecule has 0 unspecified atom stereocenters. The van der Waals surface area contributed by atoms with Crippen molar-refractivity contribution in [1.82, 2.24) is 16.0 Å². The predicted octanol–water partition coefficient (Wildman–Crippen LogP) is 0.900. The lowest BCUT2D eigenvalue weighted by Crippen LogP contribution is -2.43. The average Bonchev–Trinajstić information content (AvgIpc) is 2.97. The number of benzene rings is 1. The van der Waals surface area contributed by atoms with Crippen LogP contribution >= 0.6 is 7.82 Å². The van der Waals surface area contributed by atoms with Crippen molar-refractivity contribution in [3.8, 4) is 5.75 Å². The van der Waals surface area contributed by atoms with Crippen molar-refractivity contribution in [3.63, 3.8) is 0 Å². The van der Waals surface area contributed by atoms with Crippen molar-refractivity contribution in [2.75, 3.05) is 65.9 Å². The van der Waals surface area contributed by atoms with Gasteiger partial charge in [0.05, 0.1) is 39.1 Å². The van der Waals surface area contributed by atoms with Gasteiger partial charge in [-0.25, -0.2) is 4.57 Å². The first kappa shape index (κ1) is 40.1. The van der Waals surface area contributed by atoms with Crippen LogP contribution in [0, 0.1) is 5.92 Å². The number of carbonyl (C=O) groups excluding carboxylic acids is 4. The van der Waals surface area contributed by atoms with E-state index in [4.69, 9.17) is 28.7 Å². The van der Waals surface area contributed by atoms with Crippen LogP contribution in [0.3, 0.4) is 0 Å². The van der Waals surface area contributed by atoms with E-state index in [1.807, 2.05) is 6.92 Å². The maximum atomic E-state index is 12.7. The monoisotopic (exact) mass is 661 g/mol. The number of hydrogen-bond donors (Lipinski definition) is 5. The lowest BCUT2D eigenvalue weighted by atomic mass is 9.99. The molecule has 1 aromatic rings. The van der Waals surface area contributed by atoms with Gasteiger partial charge in [-0.05, 0) is 50.8 Å². The van der Waals surface area contributed by atoms with Gasteiger partial charge in [-0.15, -0.1) is 0 Å². The van der Waals surface area contributed by atoms with Crippen LogP contribution in [0.5, 0.6) is 5.75 Å². The summed E-state index contributed by atoms with van der Waals surface area (Å²) in [4.78, 5) is 66.1. The van der Waals surface area contributed by atoms with Gasteiger partial charge in [-0.1, -0.05) is 25.5 Å².